The molecule has 430 valence electrons. The second-order valence-corrected chi connectivity index (χ2v) is 22.8. The number of carbonyl (C=O) groups excluding carboxylic acids is 5. The predicted molar refractivity (Wildman–Crippen MR) is 301 cm³/mol. The van der Waals surface area contributed by atoms with Gasteiger partial charge in [0, 0.05) is 72.8 Å². The lowest BCUT2D eigenvalue weighted by molar-refractivity contribution is -0.138. The molecule has 5 N–H and O–H groups in total. The van der Waals surface area contributed by atoms with E-state index >= 15 is 0 Å². The summed E-state index contributed by atoms with van der Waals surface area (Å²) in [5.41, 5.74) is 10.5. The van der Waals surface area contributed by atoms with E-state index in [4.69, 9.17) is 25.3 Å². The van der Waals surface area contributed by atoms with Gasteiger partial charge < -0.3 is 50.8 Å². The van der Waals surface area contributed by atoms with Crippen LogP contribution in [0.25, 0.3) is 11.1 Å². The molecule has 23 heteroatoms. The number of nitrogens with one attached hydrogen (secondary N) is 3. The topological polar surface area (TPSA) is 246 Å². The Hall–Kier alpha value is -6.84. The number of rotatable bonds is 21. The highest BCUT2D eigenvalue weighted by atomic mass is 32.2. The van der Waals surface area contributed by atoms with E-state index in [2.05, 4.69) is 36.8 Å². The number of hydrogen-bond donors (Lipinski definition) is 4. The number of likely N-dealkylation sites (N-methyl/N-ethyl adjacent to an activating group) is 1. The molecule has 4 fully saturated rings. The van der Waals surface area contributed by atoms with Crippen molar-refractivity contribution < 1.29 is 42.2 Å². The number of amides is 4. The molecule has 2 aromatic carbocycles. The Morgan fingerprint density at radius 1 is 0.889 bits per heavy atom. The summed E-state index contributed by atoms with van der Waals surface area (Å²) < 4.78 is 41.7. The van der Waals surface area contributed by atoms with Crippen molar-refractivity contribution in [3.05, 3.63) is 94.4 Å². The molecule has 1 unspecified atom stereocenters. The summed E-state index contributed by atoms with van der Waals surface area (Å²) in [6, 6.07) is 11.6. The fourth-order valence-corrected chi connectivity index (χ4v) is 13.0. The minimum Gasteiger partial charge on any atom is -0.382 e. The van der Waals surface area contributed by atoms with Gasteiger partial charge in [-0.1, -0.05) is 0 Å². The van der Waals surface area contributed by atoms with Gasteiger partial charge >= 0.3 is 0 Å². The molecule has 4 amide bonds. The first kappa shape index (κ1) is 57.4. The molecule has 2 aromatic heterocycles. The van der Waals surface area contributed by atoms with Crippen LogP contribution in [-0.4, -0.2) is 173 Å². The van der Waals surface area contributed by atoms with Gasteiger partial charge in [-0.05, 0) is 138 Å². The predicted octanol–water partition coefficient (Wildman–Crippen LogP) is 4.87. The van der Waals surface area contributed by atoms with E-state index in [-0.39, 0.29) is 97.6 Å². The number of Topliss-reactive ketones (excluding diaryl/α,β-unsaturated/α-hetero) is 1. The van der Waals surface area contributed by atoms with Gasteiger partial charge in [0.05, 0.1) is 74.1 Å². The average Bonchev–Trinajstić information content (AvgIpc) is 4.03. The van der Waals surface area contributed by atoms with Gasteiger partial charge in [-0.2, -0.15) is 10.4 Å². The number of nitriles is 1. The Balaban J connectivity index is 0.671. The maximum absolute atomic E-state index is 14.9. The zero-order valence-electron chi connectivity index (χ0n) is 45.9. The van der Waals surface area contributed by atoms with Gasteiger partial charge in [0.2, 0.25) is 17.7 Å². The van der Waals surface area contributed by atoms with Crippen LogP contribution >= 0.6 is 11.8 Å². The van der Waals surface area contributed by atoms with Gasteiger partial charge in [-0.15, -0.1) is 11.8 Å². The van der Waals surface area contributed by atoms with E-state index in [9.17, 15) is 38.0 Å². The number of hydrogen-bond acceptors (Lipinski definition) is 16. The van der Waals surface area contributed by atoms with Crippen LogP contribution in [-0.2, 0) is 36.9 Å². The Labute approximate surface area is 474 Å². The molecule has 20 nitrogen and oxygen atoms in total. The van der Waals surface area contributed by atoms with Crippen LogP contribution < -0.4 is 26.6 Å². The second kappa shape index (κ2) is 26.0. The first-order chi connectivity index (χ1) is 39.3. The highest BCUT2D eigenvalue weighted by Crippen LogP contribution is 2.44. The van der Waals surface area contributed by atoms with Crippen LogP contribution in [0, 0.1) is 28.9 Å². The molecule has 4 aromatic rings. The summed E-state index contributed by atoms with van der Waals surface area (Å²) in [6.07, 6.45) is 7.77. The Bertz CT molecular complexity index is 3050. The fraction of sp³-hybridized carbons (Fsp3) is 0.534. The molecule has 1 saturated carbocycles. The standard InChI is InChI=1S/C58H71F2N13O7S/c1-35(63-2)55(76)67-52(58(78)71-20-4-6-47(71)56-66-45(34-81-56)53(75)37-7-9-39(59)10-8-37)36-15-21-69(22-16-36)24-26-80-28-27-79-25-17-50(74)64-18-23-73-49(31-61)51-38-29-48(54(62)65-32-38)70-19-3-5-46(70)43-30-40(60)11-14-42(43)57(77)72(41-12-13-41)33-44(51)68-73/h7-11,14,29-30,32,35-36,41,45-47,52,63H,3-6,12-13,15-28,33-34H2,1-2H3,(H2,62,65)(H,64,74)(H,67,76)/t35-,45?,46-,47-,52-/m1/s1. The summed E-state index contributed by atoms with van der Waals surface area (Å²) in [4.78, 5) is 85.8. The average molecular weight is 1130 g/mol. The van der Waals surface area contributed by atoms with Crippen LogP contribution in [0.1, 0.15) is 108 Å². The molecular weight excluding hydrogens is 1060 g/mol. The SMILES string of the molecule is CN[C@H](C)C(=O)N[C@@H](C(=O)N1CCC[C@@H]1C1=NC(C(=O)c2ccc(F)cc2)CS1)C1CCN(CCOCCOCCC(=O)NCCn2nc3c(c2C#N)-c2cnc(N)c(c2)N2CCC[C@@H]2c2cc(F)ccc2C(=O)N(C2CC2)C3)CC1. The van der Waals surface area contributed by atoms with E-state index in [0.717, 1.165) is 43.8 Å². The summed E-state index contributed by atoms with van der Waals surface area (Å²) in [7, 11) is 1.70. The normalized spacial score (nSPS) is 21.0. The van der Waals surface area contributed by atoms with Crippen molar-refractivity contribution in [3.8, 4) is 17.2 Å². The smallest absolute Gasteiger partial charge is 0.254 e. The maximum Gasteiger partial charge on any atom is 0.254 e. The van der Waals surface area contributed by atoms with E-state index < -0.39 is 29.8 Å². The van der Waals surface area contributed by atoms with Crippen molar-refractivity contribution >= 4 is 57.7 Å². The summed E-state index contributed by atoms with van der Waals surface area (Å²) >= 11 is 1.48. The fourth-order valence-electron chi connectivity index (χ4n) is 11.8. The van der Waals surface area contributed by atoms with Crippen LogP contribution in [0.2, 0.25) is 0 Å². The van der Waals surface area contributed by atoms with E-state index in [1.807, 2.05) is 11.0 Å². The molecule has 5 atom stereocenters. The number of pyridine rings is 1. The van der Waals surface area contributed by atoms with Gasteiger partial charge in [0.25, 0.3) is 5.91 Å². The van der Waals surface area contributed by atoms with Crippen molar-refractivity contribution in [2.75, 3.05) is 89.1 Å². The molecule has 7 heterocycles. The third-order valence-corrected chi connectivity index (χ3v) is 17.7. The number of nitrogens with zero attached hydrogens (tertiary/aromatic N) is 9. The Morgan fingerprint density at radius 2 is 1.63 bits per heavy atom. The van der Waals surface area contributed by atoms with E-state index in [1.54, 1.807) is 35.8 Å². The van der Waals surface area contributed by atoms with Gasteiger partial charge in [-0.3, -0.25) is 33.6 Å². The number of anilines is 2. The molecule has 3 saturated heterocycles. The highest BCUT2D eigenvalue weighted by molar-refractivity contribution is 8.14. The summed E-state index contributed by atoms with van der Waals surface area (Å²) in [6.45, 7) is 6.81. The molecular formula is C58H71F2N13O7S. The van der Waals surface area contributed by atoms with Crippen LogP contribution in [0.5, 0.6) is 0 Å². The third-order valence-electron chi connectivity index (χ3n) is 16.5. The lowest BCUT2D eigenvalue weighted by atomic mass is 9.88. The van der Waals surface area contributed by atoms with Gasteiger partial charge in [0.1, 0.15) is 41.3 Å². The van der Waals surface area contributed by atoms with Crippen LogP contribution in [0.15, 0.2) is 59.7 Å². The van der Waals surface area contributed by atoms with Crippen LogP contribution in [0.3, 0.4) is 0 Å². The number of nitrogen functional groups attached to an aromatic ring is 1. The van der Waals surface area contributed by atoms with E-state index in [1.165, 1.54) is 48.2 Å². The van der Waals surface area contributed by atoms with Gasteiger partial charge in [-0.25, -0.2) is 13.8 Å². The zero-order valence-corrected chi connectivity index (χ0v) is 46.7. The number of piperidine rings is 1. The number of nitrogens with two attached hydrogens (primary N) is 1. The number of thioether (sulfide) groups is 1. The molecule has 5 aliphatic heterocycles. The van der Waals surface area contributed by atoms with Gasteiger partial charge in [0.15, 0.2) is 5.78 Å². The zero-order chi connectivity index (χ0) is 56.7. The molecule has 0 radical (unpaired) electrons. The number of carbonyl (C=O) groups is 5. The quantitative estimate of drug-likeness (QED) is 0.0643. The second-order valence-electron chi connectivity index (χ2n) is 21.7. The number of aliphatic imine (C=N–C) groups is 1. The van der Waals surface area contributed by atoms with Crippen molar-refractivity contribution in [2.45, 2.75) is 114 Å². The third kappa shape index (κ3) is 13.1. The minimum atomic E-state index is -0.721. The maximum atomic E-state index is 14.9. The molecule has 81 heavy (non-hydrogen) atoms. The number of halogens is 2. The summed E-state index contributed by atoms with van der Waals surface area (Å²) in [5, 5.41) is 25.3. The lowest BCUT2D eigenvalue weighted by Gasteiger charge is -2.38. The first-order valence-corrected chi connectivity index (χ1v) is 29.3. The number of ketones is 1. The number of aromatic nitrogens is 3. The molecule has 10 rings (SSSR count). The molecule has 6 aliphatic rings. The largest absolute Gasteiger partial charge is 0.382 e. The minimum absolute atomic E-state index is 0.0258. The molecule has 2 bridgehead atoms. The van der Waals surface area contributed by atoms with E-state index in [0.29, 0.717) is 110 Å². The first-order valence-electron chi connectivity index (χ1n) is 28.4. The Kier molecular flexibility index (Phi) is 18.4. The Morgan fingerprint density at radius 3 is 2.38 bits per heavy atom. The monoisotopic (exact) mass is 1130 g/mol. The van der Waals surface area contributed by atoms with Crippen molar-refractivity contribution in [1.82, 2.24) is 45.4 Å². The lowest BCUT2D eigenvalue weighted by Crippen LogP contribution is -2.58. The number of ether oxygens (including phenoxy) is 2. The van der Waals surface area contributed by atoms with Crippen molar-refractivity contribution in [3.63, 3.8) is 0 Å². The highest BCUT2D eigenvalue weighted by Gasteiger charge is 2.43. The number of fused-ring (bicyclic) bond motifs is 8. The number of likely N-dealkylation sites (tertiary alicyclic amines) is 2. The van der Waals surface area contributed by atoms with Crippen molar-refractivity contribution in [1.29, 1.82) is 5.26 Å². The molecule has 0 spiro atoms. The summed E-state index contributed by atoms with van der Waals surface area (Å²) in [5.74, 6) is -1.19. The van der Waals surface area contributed by atoms with Crippen molar-refractivity contribution in [2.24, 2.45) is 10.9 Å². The number of benzene rings is 2. The molecule has 1 aliphatic carbocycles. The van der Waals surface area contributed by atoms with Crippen LogP contribution in [0.4, 0.5) is 20.3 Å².